The second-order valence-electron chi connectivity index (χ2n) is 5.54. The van der Waals surface area contributed by atoms with Crippen molar-refractivity contribution in [3.05, 3.63) is 71.2 Å². The molecule has 0 N–H and O–H groups in total. The van der Waals surface area contributed by atoms with Crippen molar-refractivity contribution < 1.29 is 4.79 Å². The zero-order valence-corrected chi connectivity index (χ0v) is 14.2. The summed E-state index contributed by atoms with van der Waals surface area (Å²) in [4.78, 5) is 21.3. The summed E-state index contributed by atoms with van der Waals surface area (Å²) in [7, 11) is 0. The number of pyridine rings is 2. The summed E-state index contributed by atoms with van der Waals surface area (Å²) >= 11 is 6.18. The smallest absolute Gasteiger partial charge is 0.256 e. The number of halogens is 1. The van der Waals surface area contributed by atoms with Gasteiger partial charge in [-0.05, 0) is 44.2 Å². The van der Waals surface area contributed by atoms with Crippen molar-refractivity contribution in [2.24, 2.45) is 4.99 Å². The quantitative estimate of drug-likeness (QED) is 0.686. The van der Waals surface area contributed by atoms with Crippen LogP contribution in [0.25, 0.3) is 11.7 Å². The number of hydrogen-bond donors (Lipinski definition) is 0. The molecule has 0 saturated heterocycles. The molecular formula is C18H17ClN4O. The van der Waals surface area contributed by atoms with Crippen LogP contribution in [0.1, 0.15) is 24.3 Å². The molecule has 0 unspecified atom stereocenters. The van der Waals surface area contributed by atoms with Crippen molar-refractivity contribution in [2.45, 2.75) is 19.9 Å². The zero-order chi connectivity index (χ0) is 17.1. The molecule has 0 aliphatic rings. The fraction of sp³-hybridized carbons (Fsp3) is 0.167. The monoisotopic (exact) mass is 340 g/mol. The van der Waals surface area contributed by atoms with E-state index >= 15 is 0 Å². The first-order valence-electron chi connectivity index (χ1n) is 7.63. The largest absolute Gasteiger partial charge is 0.299 e. The molecule has 3 rings (SSSR count). The van der Waals surface area contributed by atoms with Crippen LogP contribution in [0.5, 0.6) is 0 Å². The fourth-order valence-electron chi connectivity index (χ4n) is 2.36. The fourth-order valence-corrected chi connectivity index (χ4v) is 2.60. The first-order valence-corrected chi connectivity index (χ1v) is 8.00. The van der Waals surface area contributed by atoms with E-state index in [4.69, 9.17) is 11.6 Å². The minimum absolute atomic E-state index is 0.101. The van der Waals surface area contributed by atoms with E-state index in [2.05, 4.69) is 9.98 Å². The van der Waals surface area contributed by atoms with Gasteiger partial charge in [0, 0.05) is 24.5 Å². The first-order chi connectivity index (χ1) is 11.6. The third-order valence-electron chi connectivity index (χ3n) is 3.37. The maximum absolute atomic E-state index is 12.5. The third-order valence-corrected chi connectivity index (χ3v) is 3.65. The summed E-state index contributed by atoms with van der Waals surface area (Å²) in [5.74, 6) is -0.197. The van der Waals surface area contributed by atoms with E-state index in [0.717, 1.165) is 5.65 Å². The molecule has 0 aliphatic carbocycles. The first kappa shape index (κ1) is 16.2. The van der Waals surface area contributed by atoms with Crippen LogP contribution in [-0.2, 0) is 0 Å². The minimum Gasteiger partial charge on any atom is -0.299 e. The molecule has 0 fully saturated rings. The van der Waals surface area contributed by atoms with E-state index in [1.807, 2.05) is 54.8 Å². The lowest BCUT2D eigenvalue weighted by Gasteiger charge is -2.04. The van der Waals surface area contributed by atoms with Crippen molar-refractivity contribution in [2.75, 3.05) is 0 Å². The van der Waals surface area contributed by atoms with Crippen LogP contribution < -0.4 is 5.49 Å². The van der Waals surface area contributed by atoms with Gasteiger partial charge in [-0.2, -0.15) is 0 Å². The van der Waals surface area contributed by atoms with Gasteiger partial charge in [0.1, 0.15) is 11.1 Å². The second kappa shape index (κ2) is 6.84. The van der Waals surface area contributed by atoms with E-state index in [9.17, 15) is 4.79 Å². The Hall–Kier alpha value is -2.66. The summed E-state index contributed by atoms with van der Waals surface area (Å²) in [6.07, 6.45) is 6.70. The summed E-state index contributed by atoms with van der Waals surface area (Å²) in [6.45, 7) is 3.94. The summed E-state index contributed by atoms with van der Waals surface area (Å²) in [5, 5.41) is 0.357. The molecule has 0 bridgehead atoms. The molecule has 0 spiro atoms. The van der Waals surface area contributed by atoms with Gasteiger partial charge in [0.05, 0.1) is 5.69 Å². The number of carbonyl (C=O) groups is 1. The van der Waals surface area contributed by atoms with E-state index in [-0.39, 0.29) is 11.9 Å². The molecule has 0 atom stereocenters. The van der Waals surface area contributed by atoms with Gasteiger partial charge in [0.25, 0.3) is 5.91 Å². The van der Waals surface area contributed by atoms with Gasteiger partial charge in [-0.3, -0.25) is 18.8 Å². The summed E-state index contributed by atoms with van der Waals surface area (Å²) < 4.78 is 3.34. The lowest BCUT2D eigenvalue weighted by atomic mass is 10.3. The zero-order valence-electron chi connectivity index (χ0n) is 13.4. The number of allylic oxidation sites excluding steroid dienone is 1. The summed E-state index contributed by atoms with van der Waals surface area (Å²) in [6, 6.07) is 11.2. The Balaban J connectivity index is 1.98. The number of nitrogens with zero attached hydrogens (tertiary/aromatic N) is 4. The molecular weight excluding hydrogens is 324 g/mol. The second-order valence-corrected chi connectivity index (χ2v) is 5.90. The van der Waals surface area contributed by atoms with Gasteiger partial charge in [0.15, 0.2) is 5.15 Å². The van der Waals surface area contributed by atoms with Gasteiger partial charge >= 0.3 is 0 Å². The molecule has 122 valence electrons. The normalized spacial score (nSPS) is 12.6. The maximum atomic E-state index is 12.5. The molecule has 3 aromatic heterocycles. The highest BCUT2D eigenvalue weighted by Crippen LogP contribution is 2.18. The predicted octanol–water partition coefficient (Wildman–Crippen LogP) is 3.45. The molecule has 0 radical (unpaired) electrons. The molecule has 24 heavy (non-hydrogen) atoms. The van der Waals surface area contributed by atoms with Crippen LogP contribution >= 0.6 is 11.6 Å². The Morgan fingerprint density at radius 1 is 1.21 bits per heavy atom. The van der Waals surface area contributed by atoms with Crippen molar-refractivity contribution in [3.8, 4) is 0 Å². The molecule has 3 aromatic rings. The molecule has 6 heteroatoms. The Morgan fingerprint density at radius 3 is 2.75 bits per heavy atom. The van der Waals surface area contributed by atoms with Crippen LogP contribution in [0.2, 0.25) is 5.15 Å². The lowest BCUT2D eigenvalue weighted by Crippen LogP contribution is -2.26. The van der Waals surface area contributed by atoms with E-state index < -0.39 is 0 Å². The standard InChI is InChI=1S/C18H17ClN4O/c1-13(2)20-15-7-4-6-12-23(15)17(24)10-9-14-18(19)21-16-8-3-5-11-22(14)16/h3-13H,1-2H3/b10-9+,20-15?. The van der Waals surface area contributed by atoms with Crippen molar-refractivity contribution in [1.29, 1.82) is 0 Å². The SMILES string of the molecule is CC(C)N=c1ccccn1C(=O)/C=C/c1c(Cl)nc2ccccn12. The van der Waals surface area contributed by atoms with Crippen molar-refractivity contribution in [1.82, 2.24) is 14.0 Å². The van der Waals surface area contributed by atoms with Gasteiger partial charge in [-0.1, -0.05) is 23.7 Å². The number of rotatable bonds is 3. The number of carbonyl (C=O) groups excluding carboxylic acids is 1. The minimum atomic E-state index is -0.197. The van der Waals surface area contributed by atoms with E-state index in [0.29, 0.717) is 16.3 Å². The van der Waals surface area contributed by atoms with Crippen molar-refractivity contribution in [3.63, 3.8) is 0 Å². The molecule has 3 heterocycles. The van der Waals surface area contributed by atoms with Crippen LogP contribution in [-0.4, -0.2) is 25.9 Å². The van der Waals surface area contributed by atoms with Gasteiger partial charge in [-0.25, -0.2) is 4.98 Å². The highest BCUT2D eigenvalue weighted by atomic mass is 35.5. The highest BCUT2D eigenvalue weighted by molar-refractivity contribution is 6.31. The Bertz CT molecular complexity index is 982. The van der Waals surface area contributed by atoms with E-state index in [1.165, 1.54) is 10.6 Å². The average molecular weight is 341 g/mol. The number of hydrogen-bond acceptors (Lipinski definition) is 3. The third kappa shape index (κ3) is 3.31. The van der Waals surface area contributed by atoms with Crippen molar-refractivity contribution >= 4 is 29.2 Å². The Morgan fingerprint density at radius 2 is 1.96 bits per heavy atom. The molecule has 0 amide bonds. The van der Waals surface area contributed by atoms with E-state index in [1.54, 1.807) is 18.3 Å². The molecule has 0 saturated carbocycles. The van der Waals surface area contributed by atoms with Crippen LogP contribution in [0.3, 0.4) is 0 Å². The molecule has 0 aliphatic heterocycles. The molecule has 5 nitrogen and oxygen atoms in total. The number of imidazole rings is 1. The summed E-state index contributed by atoms with van der Waals surface area (Å²) in [5.41, 5.74) is 2.02. The van der Waals surface area contributed by atoms with Gasteiger partial charge in [0.2, 0.25) is 0 Å². The van der Waals surface area contributed by atoms with Crippen LogP contribution in [0.4, 0.5) is 0 Å². The Kier molecular flexibility index (Phi) is 4.62. The van der Waals surface area contributed by atoms with Gasteiger partial charge in [-0.15, -0.1) is 0 Å². The number of aromatic nitrogens is 3. The number of fused-ring (bicyclic) bond motifs is 1. The van der Waals surface area contributed by atoms with Gasteiger partial charge < -0.3 is 0 Å². The highest BCUT2D eigenvalue weighted by Gasteiger charge is 2.08. The lowest BCUT2D eigenvalue weighted by molar-refractivity contribution is 0.0964. The Labute approximate surface area is 144 Å². The average Bonchev–Trinajstić information content (AvgIpc) is 2.88. The topological polar surface area (TPSA) is 51.7 Å². The molecule has 0 aromatic carbocycles. The maximum Gasteiger partial charge on any atom is 0.256 e. The van der Waals surface area contributed by atoms with Crippen LogP contribution in [0.15, 0.2) is 59.9 Å². The van der Waals surface area contributed by atoms with Crippen LogP contribution in [0, 0.1) is 0 Å². The predicted molar refractivity (Wildman–Crippen MR) is 95.0 cm³/mol.